The zero-order valence-electron chi connectivity index (χ0n) is 55.0. The van der Waals surface area contributed by atoms with Crippen LogP contribution in [0.25, 0.3) is 0 Å². The van der Waals surface area contributed by atoms with E-state index in [4.69, 9.17) is 56.3 Å². The van der Waals surface area contributed by atoms with E-state index in [1.54, 1.807) is 6.92 Å². The number of ether oxygens (including phenoxy) is 11. The van der Waals surface area contributed by atoms with Gasteiger partial charge in [0.25, 0.3) is 0 Å². The van der Waals surface area contributed by atoms with E-state index in [-0.39, 0.29) is 34.0 Å². The summed E-state index contributed by atoms with van der Waals surface area (Å²) in [6.45, 7) is 14.1. The minimum absolute atomic E-state index is 0.0390. The van der Waals surface area contributed by atoms with Crippen LogP contribution in [0.3, 0.4) is 0 Å². The number of hydrogen-bond donors (Lipinski definition) is 14. The molecular weight excluding hydrogens is 1350 g/mol. The first-order chi connectivity index (χ1) is 44.4. The SMILES string of the molecule is COC1C(O)C(COS(=O)(=O)O)OC(OC2C(O)C(COS(=O)(=O)O)OC(OC3C(C)OC(OC4C(OC5CCC6(C)C7CCC8(C)C(C(C)(O)C(O)CC=C(C)C)CCC8(C)C7=CCC6C5(C)C)OCC(OS(=O)(=O)O)C4O)C(OC4OCC(O)C(O)C4O)C3O)C2O)C1O. The Labute approximate surface area is 557 Å². The lowest BCUT2D eigenvalue weighted by molar-refractivity contribution is -0.403. The van der Waals surface area contributed by atoms with Gasteiger partial charge in [-0.05, 0) is 118 Å². The van der Waals surface area contributed by atoms with Crippen molar-refractivity contribution in [3.63, 3.8) is 0 Å². The van der Waals surface area contributed by atoms with Gasteiger partial charge in [-0.15, -0.1) is 0 Å². The maximum absolute atomic E-state index is 12.6. The Balaban J connectivity index is 0.988. The van der Waals surface area contributed by atoms with Gasteiger partial charge in [-0.25, -0.2) is 12.5 Å². The van der Waals surface area contributed by atoms with Gasteiger partial charge in [-0.3, -0.25) is 13.7 Å². The Morgan fingerprint density at radius 2 is 1.18 bits per heavy atom. The van der Waals surface area contributed by atoms with Crippen LogP contribution in [0.1, 0.15) is 114 Å². The van der Waals surface area contributed by atoms with Gasteiger partial charge in [0.1, 0.15) is 104 Å². The monoisotopic (exact) mass is 1450 g/mol. The predicted octanol–water partition coefficient (Wildman–Crippen LogP) is -2.02. The zero-order valence-corrected chi connectivity index (χ0v) is 57.4. The molecule has 3 saturated carbocycles. The van der Waals surface area contributed by atoms with Crippen molar-refractivity contribution in [1.29, 1.82) is 0 Å². The third kappa shape index (κ3) is 15.8. The van der Waals surface area contributed by atoms with Gasteiger partial charge in [0.15, 0.2) is 31.5 Å². The van der Waals surface area contributed by atoms with Crippen LogP contribution in [0.15, 0.2) is 23.3 Å². The molecule has 0 amide bonds. The molecule has 556 valence electrons. The maximum Gasteiger partial charge on any atom is 0.397 e. The van der Waals surface area contributed by atoms with Crippen LogP contribution in [-0.2, 0) is 95.9 Å². The lowest BCUT2D eigenvalue weighted by Crippen LogP contribution is -2.68. The van der Waals surface area contributed by atoms with Crippen molar-refractivity contribution >= 4 is 31.2 Å². The van der Waals surface area contributed by atoms with E-state index in [1.807, 2.05) is 19.9 Å². The van der Waals surface area contributed by atoms with Crippen LogP contribution in [-0.4, -0.2) is 288 Å². The fourth-order valence-corrected chi connectivity index (χ4v) is 18.2. The number of rotatable bonds is 23. The van der Waals surface area contributed by atoms with Crippen LogP contribution < -0.4 is 0 Å². The van der Waals surface area contributed by atoms with Crippen molar-refractivity contribution in [3.05, 3.63) is 23.3 Å². The molecule has 0 spiro atoms. The summed E-state index contributed by atoms with van der Waals surface area (Å²) in [5, 5.41) is 126. The van der Waals surface area contributed by atoms with Crippen LogP contribution in [0.2, 0.25) is 0 Å². The van der Waals surface area contributed by atoms with Crippen molar-refractivity contribution in [1.82, 2.24) is 0 Å². The fourth-order valence-electron chi connectivity index (χ4n) is 17.1. The number of allylic oxidation sites excluding steroid dienone is 3. The summed E-state index contributed by atoms with van der Waals surface area (Å²) in [6.07, 6.45) is -37.7. The van der Waals surface area contributed by atoms with Crippen LogP contribution in [0.4, 0.5) is 0 Å². The normalized spacial score (nSPS) is 47.1. The molecule has 5 heterocycles. The molecule has 0 aromatic heterocycles. The van der Waals surface area contributed by atoms with Gasteiger partial charge < -0.3 is 108 Å². The molecule has 5 aliphatic heterocycles. The Bertz CT molecular complexity index is 3080. The van der Waals surface area contributed by atoms with Crippen LogP contribution in [0.5, 0.6) is 0 Å². The van der Waals surface area contributed by atoms with Gasteiger partial charge in [0.2, 0.25) is 0 Å². The highest BCUT2D eigenvalue weighted by Gasteiger charge is 2.68. The Morgan fingerprint density at radius 3 is 1.76 bits per heavy atom. The van der Waals surface area contributed by atoms with Crippen molar-refractivity contribution < 1.29 is 160 Å². The third-order valence-corrected chi connectivity index (χ3v) is 23.9. The summed E-state index contributed by atoms with van der Waals surface area (Å²) >= 11 is 0. The predicted molar refractivity (Wildman–Crippen MR) is 321 cm³/mol. The maximum atomic E-state index is 12.6. The van der Waals surface area contributed by atoms with Crippen molar-refractivity contribution in [2.45, 2.75) is 273 Å². The summed E-state index contributed by atoms with van der Waals surface area (Å²) in [5.41, 5.74) is -0.601. The summed E-state index contributed by atoms with van der Waals surface area (Å²) in [5.74, 6) is -0.0954. The molecule has 14 N–H and O–H groups in total. The smallest absolute Gasteiger partial charge is 0.390 e. The summed E-state index contributed by atoms with van der Waals surface area (Å²) < 4.78 is 179. The minimum atomic E-state index is -5.32. The molecule has 8 fully saturated rings. The summed E-state index contributed by atoms with van der Waals surface area (Å²) in [6, 6.07) is 0. The molecule has 34 nitrogen and oxygen atoms in total. The first-order valence-electron chi connectivity index (χ1n) is 32.1. The standard InChI is InChI=1S/C59H98O34S3/c1-25(2)11-14-35(61)59(9,70)34-16-20-57(7)28-12-13-33-55(4,5)36(17-18-56(33,6)27(28)15-19-58(34,57)8)88-53-48(40(65)32(22-82-53)93-96(77,78)79)92-54-49(91-50-41(66)37(62)29(60)21-81-50)42(67)45(26(3)85-54)89-52-44(69)47(39(64)31(87-52)24-84-95(74,75)76)90-51-43(68)46(80-10)38(63)30(86-51)23-83-94(71,72)73/h11-12,26-27,29-54,60-70H,13-24H2,1-10H3,(H,71,72,73)(H,74,75,76)(H,77,78,79). The molecular formula is C59H98O34S3. The first-order valence-corrected chi connectivity index (χ1v) is 36.2. The lowest BCUT2D eigenvalue weighted by atomic mass is 9.40. The van der Waals surface area contributed by atoms with Gasteiger partial charge >= 0.3 is 31.2 Å². The van der Waals surface area contributed by atoms with Gasteiger partial charge in [0.05, 0.1) is 50.3 Å². The average Bonchev–Trinajstić information content (AvgIpc) is 1.39. The van der Waals surface area contributed by atoms with Crippen LogP contribution in [0, 0.1) is 39.4 Å². The largest absolute Gasteiger partial charge is 0.397 e. The summed E-state index contributed by atoms with van der Waals surface area (Å²) in [4.78, 5) is 0. The van der Waals surface area contributed by atoms with Crippen LogP contribution >= 0.6 is 0 Å². The lowest BCUT2D eigenvalue weighted by Gasteiger charge is -2.65. The molecule has 0 radical (unpaired) electrons. The quantitative estimate of drug-likeness (QED) is 0.0388. The molecule has 32 atom stereocenters. The Hall–Kier alpha value is -1.79. The first kappa shape index (κ1) is 78.3. The molecule has 9 rings (SSSR count). The van der Waals surface area contributed by atoms with E-state index in [9.17, 15) is 95.1 Å². The number of aliphatic hydroxyl groups is 11. The van der Waals surface area contributed by atoms with E-state index >= 15 is 0 Å². The van der Waals surface area contributed by atoms with E-state index in [2.05, 4.69) is 49.1 Å². The second-order valence-electron chi connectivity index (χ2n) is 28.9. The molecule has 4 aliphatic carbocycles. The van der Waals surface area contributed by atoms with E-state index in [1.165, 1.54) is 12.5 Å². The molecule has 0 aromatic rings. The minimum Gasteiger partial charge on any atom is -0.390 e. The molecule has 0 aromatic carbocycles. The third-order valence-electron chi connectivity index (χ3n) is 22.5. The van der Waals surface area contributed by atoms with Crippen molar-refractivity contribution in [2.24, 2.45) is 39.4 Å². The highest BCUT2D eigenvalue weighted by Crippen LogP contribution is 2.74. The number of hydrogen-bond acceptors (Lipinski definition) is 31. The molecule has 5 saturated heterocycles. The number of fused-ring (bicyclic) bond motifs is 5. The fraction of sp³-hybridized carbons (Fsp3) is 0.932. The van der Waals surface area contributed by atoms with Gasteiger partial charge in [-0.1, -0.05) is 57.9 Å². The van der Waals surface area contributed by atoms with Crippen molar-refractivity contribution in [2.75, 3.05) is 33.5 Å². The van der Waals surface area contributed by atoms with Gasteiger partial charge in [0, 0.05) is 7.11 Å². The Kier molecular flexibility index (Phi) is 24.0. The second kappa shape index (κ2) is 29.4. The topological polar surface area (TPSA) is 515 Å². The molecule has 96 heavy (non-hydrogen) atoms. The highest BCUT2D eigenvalue weighted by molar-refractivity contribution is 7.81. The molecule has 9 aliphatic rings. The highest BCUT2D eigenvalue weighted by atomic mass is 32.3. The number of methoxy groups -OCH3 is 1. The molecule has 37 heteroatoms. The molecule has 0 bridgehead atoms. The van der Waals surface area contributed by atoms with E-state index in [0.29, 0.717) is 25.7 Å². The van der Waals surface area contributed by atoms with E-state index < -0.39 is 222 Å². The summed E-state index contributed by atoms with van der Waals surface area (Å²) in [7, 11) is -14.8. The Morgan fingerprint density at radius 1 is 0.625 bits per heavy atom. The van der Waals surface area contributed by atoms with Crippen molar-refractivity contribution in [3.8, 4) is 0 Å². The van der Waals surface area contributed by atoms with Gasteiger partial charge in [-0.2, -0.15) is 25.3 Å². The second-order valence-corrected chi connectivity index (χ2v) is 32.1. The average molecular weight is 1450 g/mol. The zero-order chi connectivity index (χ0) is 71.1. The molecule has 32 unspecified atom stereocenters. The number of aliphatic hydroxyl groups excluding tert-OH is 10. The van der Waals surface area contributed by atoms with E-state index in [0.717, 1.165) is 38.4 Å².